The highest BCUT2D eigenvalue weighted by atomic mass is 16.2. The molecule has 0 bridgehead atoms. The van der Waals surface area contributed by atoms with E-state index in [0.717, 1.165) is 23.8 Å². The zero-order valence-electron chi connectivity index (χ0n) is 9.58. The van der Waals surface area contributed by atoms with Crippen LogP contribution in [-0.4, -0.2) is 29.1 Å². The second kappa shape index (κ2) is 5.89. The molecular weight excluding hydrogens is 206 g/mol. The summed E-state index contributed by atoms with van der Waals surface area (Å²) in [4.78, 5) is 18.9. The Kier molecular flexibility index (Phi) is 4.50. The highest BCUT2D eigenvalue weighted by Gasteiger charge is 1.99. The summed E-state index contributed by atoms with van der Waals surface area (Å²) in [5.74, 6) is 1.51. The molecule has 6 heteroatoms. The Hall–Kier alpha value is -1.85. The van der Waals surface area contributed by atoms with E-state index in [4.69, 9.17) is 5.73 Å². The minimum absolute atomic E-state index is 0.472. The van der Waals surface area contributed by atoms with Crippen molar-refractivity contribution < 1.29 is 4.79 Å². The Balaban J connectivity index is 2.47. The summed E-state index contributed by atoms with van der Waals surface area (Å²) >= 11 is 0. The molecule has 0 spiro atoms. The van der Waals surface area contributed by atoms with Gasteiger partial charge in [0.25, 0.3) is 0 Å². The predicted molar refractivity (Wildman–Crippen MR) is 62.2 cm³/mol. The van der Waals surface area contributed by atoms with Crippen LogP contribution >= 0.6 is 0 Å². The third kappa shape index (κ3) is 4.12. The van der Waals surface area contributed by atoms with Gasteiger partial charge in [-0.1, -0.05) is 6.92 Å². The van der Waals surface area contributed by atoms with Gasteiger partial charge in [0.2, 0.25) is 0 Å². The first-order chi connectivity index (χ1) is 7.61. The van der Waals surface area contributed by atoms with E-state index in [0.29, 0.717) is 13.1 Å². The molecule has 0 aliphatic rings. The van der Waals surface area contributed by atoms with Crippen LogP contribution in [0.25, 0.3) is 0 Å². The molecule has 1 heterocycles. The average molecular weight is 223 g/mol. The van der Waals surface area contributed by atoms with E-state index in [1.165, 1.54) is 0 Å². The Morgan fingerprint density at radius 3 is 2.81 bits per heavy atom. The largest absolute Gasteiger partial charge is 0.368 e. The molecule has 0 aliphatic heterocycles. The Labute approximate surface area is 94.7 Å². The fourth-order valence-electron chi connectivity index (χ4n) is 1.28. The molecule has 4 N–H and O–H groups in total. The van der Waals surface area contributed by atoms with Gasteiger partial charge in [-0.25, -0.2) is 14.8 Å². The normalized spacial score (nSPS) is 9.88. The lowest BCUT2D eigenvalue weighted by molar-refractivity contribution is 0.249. The Bertz CT molecular complexity index is 366. The lowest BCUT2D eigenvalue weighted by Gasteiger charge is -2.07. The third-order valence-corrected chi connectivity index (χ3v) is 1.98. The summed E-state index contributed by atoms with van der Waals surface area (Å²) in [6.07, 6.45) is 0.873. The first-order valence-corrected chi connectivity index (χ1v) is 5.23. The van der Waals surface area contributed by atoms with Gasteiger partial charge in [-0.15, -0.1) is 0 Å². The number of amides is 2. The van der Waals surface area contributed by atoms with Gasteiger partial charge in [0.15, 0.2) is 0 Å². The molecule has 0 saturated heterocycles. The number of carbonyl (C=O) groups excluding carboxylic acids is 1. The lowest BCUT2D eigenvalue weighted by Crippen LogP contribution is -2.33. The second-order valence-electron chi connectivity index (χ2n) is 3.36. The fourth-order valence-corrected chi connectivity index (χ4v) is 1.28. The van der Waals surface area contributed by atoms with Gasteiger partial charge in [0.05, 0.1) is 0 Å². The van der Waals surface area contributed by atoms with Gasteiger partial charge in [-0.2, -0.15) is 0 Å². The summed E-state index contributed by atoms with van der Waals surface area (Å²) < 4.78 is 0. The van der Waals surface area contributed by atoms with E-state index < -0.39 is 6.03 Å². The molecule has 6 nitrogen and oxygen atoms in total. The van der Waals surface area contributed by atoms with Crippen LogP contribution in [0.5, 0.6) is 0 Å². The molecule has 0 saturated carbocycles. The summed E-state index contributed by atoms with van der Waals surface area (Å²) in [6, 6.07) is 1.38. The van der Waals surface area contributed by atoms with Gasteiger partial charge in [-0.05, 0) is 13.3 Å². The molecule has 88 valence electrons. The molecule has 0 unspecified atom stereocenters. The van der Waals surface area contributed by atoms with Crippen molar-refractivity contribution in [3.63, 3.8) is 0 Å². The summed E-state index contributed by atoms with van der Waals surface area (Å²) in [5, 5.41) is 5.59. The van der Waals surface area contributed by atoms with Crippen molar-refractivity contribution >= 4 is 11.8 Å². The number of urea groups is 1. The van der Waals surface area contributed by atoms with Crippen molar-refractivity contribution in [2.24, 2.45) is 5.73 Å². The quantitative estimate of drug-likeness (QED) is 0.631. The molecule has 1 aromatic heterocycles. The highest BCUT2D eigenvalue weighted by molar-refractivity contribution is 5.71. The van der Waals surface area contributed by atoms with Crippen LogP contribution in [-0.2, 0) is 6.42 Å². The average Bonchev–Trinajstić information content (AvgIpc) is 2.23. The number of rotatable bonds is 5. The molecule has 16 heavy (non-hydrogen) atoms. The Morgan fingerprint density at radius 2 is 2.19 bits per heavy atom. The number of nitrogens with zero attached hydrogens (tertiary/aromatic N) is 2. The number of aryl methyl sites for hydroxylation is 2. The number of hydrogen-bond donors (Lipinski definition) is 3. The minimum Gasteiger partial charge on any atom is -0.368 e. The Morgan fingerprint density at radius 1 is 1.44 bits per heavy atom. The van der Waals surface area contributed by atoms with Crippen molar-refractivity contribution in [3.8, 4) is 0 Å². The molecule has 1 aromatic rings. The smallest absolute Gasteiger partial charge is 0.312 e. The number of hydrogen-bond acceptors (Lipinski definition) is 4. The van der Waals surface area contributed by atoms with Crippen molar-refractivity contribution in [1.29, 1.82) is 0 Å². The first kappa shape index (κ1) is 12.2. The maximum absolute atomic E-state index is 10.4. The molecule has 0 aliphatic carbocycles. The number of anilines is 1. The van der Waals surface area contributed by atoms with Gasteiger partial charge in [0, 0.05) is 24.8 Å². The molecule has 0 atom stereocenters. The van der Waals surface area contributed by atoms with Gasteiger partial charge in [-0.3, -0.25) is 0 Å². The van der Waals surface area contributed by atoms with Crippen LogP contribution in [0, 0.1) is 6.92 Å². The molecule has 0 radical (unpaired) electrons. The maximum atomic E-state index is 10.4. The van der Waals surface area contributed by atoms with E-state index >= 15 is 0 Å². The van der Waals surface area contributed by atoms with Crippen LogP contribution < -0.4 is 16.4 Å². The maximum Gasteiger partial charge on any atom is 0.312 e. The molecule has 0 aromatic carbocycles. The van der Waals surface area contributed by atoms with Gasteiger partial charge < -0.3 is 16.4 Å². The van der Waals surface area contributed by atoms with Crippen LogP contribution in [0.4, 0.5) is 10.6 Å². The van der Waals surface area contributed by atoms with E-state index in [9.17, 15) is 4.79 Å². The molecular formula is C10H17N5O. The number of nitrogens with one attached hydrogen (secondary N) is 2. The summed E-state index contributed by atoms with van der Waals surface area (Å²) in [7, 11) is 0. The standard InChI is InChI=1S/C10H17N5O/c1-3-8-6-9(15-7(2)14-8)12-4-5-13-10(11)16/h6H,3-5H2,1-2H3,(H3,11,13,16)(H,12,14,15). The van der Waals surface area contributed by atoms with Crippen LogP contribution in [0.15, 0.2) is 6.07 Å². The molecule has 0 fully saturated rings. The van der Waals surface area contributed by atoms with Crippen molar-refractivity contribution in [2.75, 3.05) is 18.4 Å². The summed E-state index contributed by atoms with van der Waals surface area (Å²) in [5.41, 5.74) is 5.94. The first-order valence-electron chi connectivity index (χ1n) is 5.23. The number of aromatic nitrogens is 2. The van der Waals surface area contributed by atoms with Crippen LogP contribution in [0.3, 0.4) is 0 Å². The highest BCUT2D eigenvalue weighted by Crippen LogP contribution is 2.06. The van der Waals surface area contributed by atoms with Gasteiger partial charge in [0.1, 0.15) is 11.6 Å². The van der Waals surface area contributed by atoms with Crippen molar-refractivity contribution in [3.05, 3.63) is 17.6 Å². The molecule has 1 rings (SSSR count). The predicted octanol–water partition coefficient (Wildman–Crippen LogP) is 0.428. The summed E-state index contributed by atoms with van der Waals surface area (Å²) in [6.45, 7) is 4.95. The fraction of sp³-hybridized carbons (Fsp3) is 0.500. The zero-order valence-corrected chi connectivity index (χ0v) is 9.58. The third-order valence-electron chi connectivity index (χ3n) is 1.98. The topological polar surface area (TPSA) is 92.9 Å². The minimum atomic E-state index is -0.519. The van der Waals surface area contributed by atoms with Crippen molar-refractivity contribution in [1.82, 2.24) is 15.3 Å². The second-order valence-corrected chi connectivity index (χ2v) is 3.36. The van der Waals surface area contributed by atoms with E-state index in [2.05, 4.69) is 20.6 Å². The van der Waals surface area contributed by atoms with E-state index in [1.807, 2.05) is 19.9 Å². The monoisotopic (exact) mass is 223 g/mol. The molecule has 2 amide bonds. The number of nitrogens with two attached hydrogens (primary N) is 1. The lowest BCUT2D eigenvalue weighted by atomic mass is 10.3. The van der Waals surface area contributed by atoms with Crippen LogP contribution in [0.2, 0.25) is 0 Å². The van der Waals surface area contributed by atoms with E-state index in [-0.39, 0.29) is 0 Å². The number of primary amides is 1. The SMILES string of the molecule is CCc1cc(NCCNC(N)=O)nc(C)n1. The number of carbonyl (C=O) groups is 1. The van der Waals surface area contributed by atoms with Crippen LogP contribution in [0.1, 0.15) is 18.4 Å². The zero-order chi connectivity index (χ0) is 12.0. The van der Waals surface area contributed by atoms with Crippen molar-refractivity contribution in [2.45, 2.75) is 20.3 Å². The van der Waals surface area contributed by atoms with Gasteiger partial charge >= 0.3 is 6.03 Å². The van der Waals surface area contributed by atoms with E-state index in [1.54, 1.807) is 0 Å².